The van der Waals surface area contributed by atoms with Crippen molar-refractivity contribution in [2.24, 2.45) is 11.6 Å². The number of rotatable bonds is 4. The first kappa shape index (κ1) is 12.0. The molecule has 5 N–H and O–H groups in total. The molecule has 0 radical (unpaired) electrons. The van der Waals surface area contributed by atoms with Crippen molar-refractivity contribution in [3.63, 3.8) is 0 Å². The lowest BCUT2D eigenvalue weighted by Gasteiger charge is -2.06. The van der Waals surface area contributed by atoms with Crippen LogP contribution in [0.1, 0.15) is 23.1 Å². The van der Waals surface area contributed by atoms with E-state index in [0.717, 1.165) is 0 Å². The van der Waals surface area contributed by atoms with Gasteiger partial charge in [0, 0.05) is 18.7 Å². The number of hydrazine groups is 1. The molecule has 0 saturated heterocycles. The van der Waals surface area contributed by atoms with Gasteiger partial charge >= 0.3 is 0 Å². The molecule has 2 heterocycles. The maximum atomic E-state index is 11.0. The molecule has 0 aliphatic heterocycles. The van der Waals surface area contributed by atoms with Crippen LogP contribution < -0.4 is 17.0 Å². The van der Waals surface area contributed by atoms with E-state index in [9.17, 15) is 4.79 Å². The van der Waals surface area contributed by atoms with E-state index in [1.165, 1.54) is 17.1 Å². The zero-order valence-corrected chi connectivity index (χ0v) is 9.79. The first-order chi connectivity index (χ1) is 8.63. The van der Waals surface area contributed by atoms with Crippen molar-refractivity contribution in [2.75, 3.05) is 5.43 Å². The fourth-order valence-electron chi connectivity index (χ4n) is 1.41. The SMILES string of the molecule is CCc1nc(NN)cc(-n2cc(C(N)=O)cn2)n1. The average Bonchev–Trinajstić information content (AvgIpc) is 2.87. The third-order valence-corrected chi connectivity index (χ3v) is 2.32. The van der Waals surface area contributed by atoms with Crippen LogP contribution in [0.3, 0.4) is 0 Å². The molecule has 94 valence electrons. The third kappa shape index (κ3) is 2.28. The molecule has 0 aromatic carbocycles. The van der Waals surface area contributed by atoms with Gasteiger partial charge in [0.25, 0.3) is 5.91 Å². The lowest BCUT2D eigenvalue weighted by atomic mass is 10.3. The number of primary amides is 1. The van der Waals surface area contributed by atoms with Crippen molar-refractivity contribution in [1.29, 1.82) is 0 Å². The number of nitrogens with one attached hydrogen (secondary N) is 1. The summed E-state index contributed by atoms with van der Waals surface area (Å²) in [5.41, 5.74) is 7.93. The number of amides is 1. The maximum Gasteiger partial charge on any atom is 0.251 e. The topological polar surface area (TPSA) is 125 Å². The summed E-state index contributed by atoms with van der Waals surface area (Å²) in [6.07, 6.45) is 3.54. The average molecular weight is 247 g/mol. The smallest absolute Gasteiger partial charge is 0.251 e. The molecule has 8 heteroatoms. The number of hydrogen-bond donors (Lipinski definition) is 3. The van der Waals surface area contributed by atoms with Crippen molar-refractivity contribution < 1.29 is 4.79 Å². The monoisotopic (exact) mass is 247 g/mol. The Morgan fingerprint density at radius 2 is 2.28 bits per heavy atom. The molecular weight excluding hydrogens is 234 g/mol. The number of anilines is 1. The second-order valence-electron chi connectivity index (χ2n) is 3.56. The van der Waals surface area contributed by atoms with Crippen LogP contribution >= 0.6 is 0 Å². The third-order valence-electron chi connectivity index (χ3n) is 2.32. The number of aromatic nitrogens is 4. The van der Waals surface area contributed by atoms with Crippen LogP contribution in [0.5, 0.6) is 0 Å². The number of aryl methyl sites for hydroxylation is 1. The Morgan fingerprint density at radius 1 is 1.50 bits per heavy atom. The Morgan fingerprint density at radius 3 is 2.83 bits per heavy atom. The molecule has 2 rings (SSSR count). The Kier molecular flexibility index (Phi) is 3.20. The highest BCUT2D eigenvalue weighted by molar-refractivity contribution is 5.92. The molecule has 0 saturated carbocycles. The van der Waals surface area contributed by atoms with Crippen LogP contribution in [0.25, 0.3) is 5.82 Å². The molecule has 2 aromatic rings. The van der Waals surface area contributed by atoms with E-state index in [-0.39, 0.29) is 0 Å². The molecule has 8 nitrogen and oxygen atoms in total. The predicted octanol–water partition coefficient (Wildman–Crippen LogP) is -0.391. The van der Waals surface area contributed by atoms with Crippen LogP contribution in [0.2, 0.25) is 0 Å². The standard InChI is InChI=1S/C10H13N7O/c1-2-7-14-8(16-12)3-9(15-7)17-5-6(4-13-17)10(11)18/h3-5H,2,12H2,1H3,(H2,11,18)(H,14,15,16). The highest BCUT2D eigenvalue weighted by Gasteiger charge is 2.08. The number of nitrogens with two attached hydrogens (primary N) is 2. The van der Waals surface area contributed by atoms with E-state index >= 15 is 0 Å². The van der Waals surface area contributed by atoms with Crippen molar-refractivity contribution in [1.82, 2.24) is 19.7 Å². The molecule has 0 aliphatic carbocycles. The minimum Gasteiger partial charge on any atom is -0.366 e. The molecular formula is C10H13N7O. The lowest BCUT2D eigenvalue weighted by molar-refractivity contribution is 0.100. The molecule has 0 fully saturated rings. The molecule has 18 heavy (non-hydrogen) atoms. The summed E-state index contributed by atoms with van der Waals surface area (Å²) in [4.78, 5) is 19.4. The van der Waals surface area contributed by atoms with Crippen molar-refractivity contribution in [3.8, 4) is 5.82 Å². The first-order valence-electron chi connectivity index (χ1n) is 5.33. The van der Waals surface area contributed by atoms with Gasteiger partial charge in [0.2, 0.25) is 0 Å². The van der Waals surface area contributed by atoms with E-state index in [2.05, 4.69) is 20.5 Å². The van der Waals surface area contributed by atoms with Gasteiger partial charge in [-0.05, 0) is 0 Å². The lowest BCUT2D eigenvalue weighted by Crippen LogP contribution is -2.12. The van der Waals surface area contributed by atoms with Gasteiger partial charge in [0.15, 0.2) is 5.82 Å². The fraction of sp³-hybridized carbons (Fsp3) is 0.200. The molecule has 1 amide bonds. The summed E-state index contributed by atoms with van der Waals surface area (Å²) in [6, 6.07) is 1.62. The molecule has 0 atom stereocenters. The molecule has 2 aromatic heterocycles. The number of nitrogens with zero attached hydrogens (tertiary/aromatic N) is 4. The number of carbonyl (C=O) groups excluding carboxylic acids is 1. The zero-order chi connectivity index (χ0) is 13.1. The molecule has 0 unspecified atom stereocenters. The van der Waals surface area contributed by atoms with Gasteiger partial charge in [0.1, 0.15) is 11.6 Å². The summed E-state index contributed by atoms with van der Waals surface area (Å²) >= 11 is 0. The molecule has 0 aliphatic rings. The first-order valence-corrected chi connectivity index (χ1v) is 5.33. The van der Waals surface area contributed by atoms with E-state index < -0.39 is 5.91 Å². The Bertz CT molecular complexity index is 555. The molecule has 0 spiro atoms. The number of carbonyl (C=O) groups is 1. The van der Waals surface area contributed by atoms with Crippen molar-refractivity contribution in [3.05, 3.63) is 29.8 Å². The van der Waals surface area contributed by atoms with Crippen LogP contribution in [0.15, 0.2) is 18.5 Å². The summed E-state index contributed by atoms with van der Waals surface area (Å²) < 4.78 is 1.45. The van der Waals surface area contributed by atoms with Gasteiger partial charge in [-0.1, -0.05) is 6.92 Å². The van der Waals surface area contributed by atoms with Gasteiger partial charge in [-0.15, -0.1) is 0 Å². The van der Waals surface area contributed by atoms with E-state index in [1.807, 2.05) is 6.92 Å². The van der Waals surface area contributed by atoms with Crippen molar-refractivity contribution in [2.45, 2.75) is 13.3 Å². The van der Waals surface area contributed by atoms with Gasteiger partial charge in [-0.2, -0.15) is 5.10 Å². The number of hydrogen-bond acceptors (Lipinski definition) is 6. The van der Waals surface area contributed by atoms with Gasteiger partial charge < -0.3 is 11.2 Å². The summed E-state index contributed by atoms with van der Waals surface area (Å²) in [5.74, 6) is 6.41. The highest BCUT2D eigenvalue weighted by Crippen LogP contribution is 2.11. The highest BCUT2D eigenvalue weighted by atomic mass is 16.1. The Labute approximate surface area is 103 Å². The van der Waals surface area contributed by atoms with Crippen LogP contribution in [-0.2, 0) is 6.42 Å². The second kappa shape index (κ2) is 4.80. The minimum absolute atomic E-state index is 0.314. The van der Waals surface area contributed by atoms with Crippen LogP contribution in [-0.4, -0.2) is 25.7 Å². The summed E-state index contributed by atoms with van der Waals surface area (Å²) in [7, 11) is 0. The van der Waals surface area contributed by atoms with Gasteiger partial charge in [0.05, 0.1) is 11.8 Å². The van der Waals surface area contributed by atoms with Gasteiger partial charge in [-0.25, -0.2) is 20.5 Å². The zero-order valence-electron chi connectivity index (χ0n) is 9.79. The van der Waals surface area contributed by atoms with E-state index in [0.29, 0.717) is 29.4 Å². The summed E-state index contributed by atoms with van der Waals surface area (Å²) in [5, 5.41) is 4.02. The largest absolute Gasteiger partial charge is 0.366 e. The Balaban J connectivity index is 2.45. The van der Waals surface area contributed by atoms with E-state index in [1.54, 1.807) is 6.07 Å². The number of nitrogen functional groups attached to an aromatic ring is 1. The van der Waals surface area contributed by atoms with Gasteiger partial charge in [-0.3, -0.25) is 4.79 Å². The van der Waals surface area contributed by atoms with Crippen molar-refractivity contribution >= 4 is 11.7 Å². The van der Waals surface area contributed by atoms with Crippen LogP contribution in [0, 0.1) is 0 Å². The normalized spacial score (nSPS) is 10.3. The second-order valence-corrected chi connectivity index (χ2v) is 3.56. The van der Waals surface area contributed by atoms with E-state index in [4.69, 9.17) is 11.6 Å². The maximum absolute atomic E-state index is 11.0. The molecule has 0 bridgehead atoms. The fourth-order valence-corrected chi connectivity index (χ4v) is 1.41. The Hall–Kier alpha value is -2.48. The quantitative estimate of drug-likeness (QED) is 0.499. The minimum atomic E-state index is -0.539. The van der Waals surface area contributed by atoms with Crippen LogP contribution in [0.4, 0.5) is 5.82 Å². The summed E-state index contributed by atoms with van der Waals surface area (Å²) in [6.45, 7) is 1.93. The predicted molar refractivity (Wildman–Crippen MR) is 64.9 cm³/mol.